The van der Waals surface area contributed by atoms with Crippen molar-refractivity contribution < 1.29 is 18.4 Å². The third-order valence-corrected chi connectivity index (χ3v) is 3.56. The molecule has 0 bridgehead atoms. The highest BCUT2D eigenvalue weighted by atomic mass is 19.1. The van der Waals surface area contributed by atoms with Gasteiger partial charge in [0.15, 0.2) is 0 Å². The summed E-state index contributed by atoms with van der Waals surface area (Å²) in [5.41, 5.74) is 0.764. The lowest BCUT2D eigenvalue weighted by Crippen LogP contribution is -2.57. The third kappa shape index (κ3) is 3.75. The predicted octanol–water partition coefficient (Wildman–Crippen LogP) is 0.790. The summed E-state index contributed by atoms with van der Waals surface area (Å²) in [6, 6.07) is 9.07. The Hall–Kier alpha value is -2.67. The molecule has 23 heavy (non-hydrogen) atoms. The second kappa shape index (κ2) is 6.62. The number of hydrogen-bond donors (Lipinski definition) is 3. The number of carbonyl (C=O) groups excluding carboxylic acids is 2. The SMILES string of the molecule is O=C1CNC(C(=O)NCc2ccc(-c3ccc(F)cc3)o2)CN1. The Morgan fingerprint density at radius 3 is 2.74 bits per heavy atom. The number of nitrogens with one attached hydrogen (secondary N) is 3. The predicted molar refractivity (Wildman–Crippen MR) is 80.7 cm³/mol. The summed E-state index contributed by atoms with van der Waals surface area (Å²) in [5.74, 6) is 0.573. The van der Waals surface area contributed by atoms with Gasteiger partial charge in [-0.15, -0.1) is 0 Å². The van der Waals surface area contributed by atoms with Crippen LogP contribution in [-0.2, 0) is 16.1 Å². The molecule has 1 unspecified atom stereocenters. The monoisotopic (exact) mass is 317 g/mol. The van der Waals surface area contributed by atoms with Crippen LogP contribution in [-0.4, -0.2) is 30.9 Å². The molecule has 3 rings (SSSR count). The number of halogens is 1. The van der Waals surface area contributed by atoms with E-state index in [1.54, 1.807) is 24.3 Å². The first-order valence-electron chi connectivity index (χ1n) is 7.24. The van der Waals surface area contributed by atoms with E-state index in [2.05, 4.69) is 16.0 Å². The lowest BCUT2D eigenvalue weighted by molar-refractivity contribution is -0.126. The van der Waals surface area contributed by atoms with Crippen molar-refractivity contribution in [3.8, 4) is 11.3 Å². The largest absolute Gasteiger partial charge is 0.459 e. The van der Waals surface area contributed by atoms with E-state index >= 15 is 0 Å². The molecule has 7 heteroatoms. The molecule has 1 aromatic heterocycles. The zero-order valence-electron chi connectivity index (χ0n) is 12.3. The van der Waals surface area contributed by atoms with Crippen LogP contribution in [0.2, 0.25) is 0 Å². The molecular formula is C16H16FN3O3. The van der Waals surface area contributed by atoms with Crippen molar-refractivity contribution in [2.75, 3.05) is 13.1 Å². The zero-order chi connectivity index (χ0) is 16.2. The van der Waals surface area contributed by atoms with Gasteiger partial charge in [0.25, 0.3) is 0 Å². The fourth-order valence-corrected chi connectivity index (χ4v) is 2.29. The number of furan rings is 1. The topological polar surface area (TPSA) is 83.4 Å². The summed E-state index contributed by atoms with van der Waals surface area (Å²) >= 11 is 0. The Balaban J connectivity index is 1.56. The maximum atomic E-state index is 12.9. The van der Waals surface area contributed by atoms with Crippen LogP contribution in [0.3, 0.4) is 0 Å². The lowest BCUT2D eigenvalue weighted by Gasteiger charge is -2.22. The van der Waals surface area contributed by atoms with E-state index in [0.29, 0.717) is 11.5 Å². The molecule has 2 aromatic rings. The Bertz CT molecular complexity index is 702. The molecule has 0 radical (unpaired) electrons. The number of rotatable bonds is 4. The Kier molecular flexibility index (Phi) is 4.38. The standard InChI is InChI=1S/C16H16FN3O3/c17-11-3-1-10(2-4-11)14-6-5-12(23-14)7-20-16(22)13-8-19-15(21)9-18-13/h1-6,13,18H,7-9H2,(H,19,21)(H,20,22). The Morgan fingerprint density at radius 1 is 1.26 bits per heavy atom. The number of amides is 2. The fourth-order valence-electron chi connectivity index (χ4n) is 2.29. The first-order chi connectivity index (χ1) is 11.1. The van der Waals surface area contributed by atoms with Crippen molar-refractivity contribution in [1.82, 2.24) is 16.0 Å². The second-order valence-electron chi connectivity index (χ2n) is 5.23. The van der Waals surface area contributed by atoms with E-state index in [4.69, 9.17) is 4.42 Å². The summed E-state index contributed by atoms with van der Waals surface area (Å²) in [4.78, 5) is 23.0. The molecule has 0 aliphatic carbocycles. The molecule has 2 amide bonds. The molecule has 1 aliphatic rings. The van der Waals surface area contributed by atoms with Crippen LogP contribution in [0, 0.1) is 5.82 Å². The van der Waals surface area contributed by atoms with Gasteiger partial charge in [0.2, 0.25) is 11.8 Å². The van der Waals surface area contributed by atoms with Gasteiger partial charge in [0, 0.05) is 12.1 Å². The minimum Gasteiger partial charge on any atom is -0.459 e. The van der Waals surface area contributed by atoms with E-state index in [0.717, 1.165) is 5.56 Å². The smallest absolute Gasteiger partial charge is 0.239 e. The molecule has 2 heterocycles. The number of piperazine rings is 1. The molecule has 0 spiro atoms. The maximum absolute atomic E-state index is 12.9. The van der Waals surface area contributed by atoms with Crippen LogP contribution in [0.5, 0.6) is 0 Å². The zero-order valence-corrected chi connectivity index (χ0v) is 12.3. The van der Waals surface area contributed by atoms with Gasteiger partial charge >= 0.3 is 0 Å². The summed E-state index contributed by atoms with van der Waals surface area (Å²) in [5, 5.41) is 8.23. The van der Waals surface area contributed by atoms with E-state index in [9.17, 15) is 14.0 Å². The normalized spacial score (nSPS) is 17.6. The molecule has 3 N–H and O–H groups in total. The van der Waals surface area contributed by atoms with Crippen LogP contribution < -0.4 is 16.0 Å². The first kappa shape index (κ1) is 15.2. The van der Waals surface area contributed by atoms with Crippen molar-refractivity contribution >= 4 is 11.8 Å². The highest BCUT2D eigenvalue weighted by Gasteiger charge is 2.23. The van der Waals surface area contributed by atoms with Crippen molar-refractivity contribution in [3.63, 3.8) is 0 Å². The summed E-state index contributed by atoms with van der Waals surface area (Å²) in [7, 11) is 0. The average Bonchev–Trinajstić information content (AvgIpc) is 3.03. The molecule has 0 saturated carbocycles. The highest BCUT2D eigenvalue weighted by Crippen LogP contribution is 2.22. The van der Waals surface area contributed by atoms with Crippen LogP contribution in [0.1, 0.15) is 5.76 Å². The first-order valence-corrected chi connectivity index (χ1v) is 7.24. The van der Waals surface area contributed by atoms with Gasteiger partial charge in [-0.3, -0.25) is 14.9 Å². The van der Waals surface area contributed by atoms with Gasteiger partial charge < -0.3 is 15.1 Å². The van der Waals surface area contributed by atoms with E-state index in [-0.39, 0.29) is 37.3 Å². The van der Waals surface area contributed by atoms with Crippen molar-refractivity contribution in [2.45, 2.75) is 12.6 Å². The summed E-state index contributed by atoms with van der Waals surface area (Å²) < 4.78 is 18.5. The van der Waals surface area contributed by atoms with Crippen molar-refractivity contribution in [3.05, 3.63) is 48.0 Å². The third-order valence-electron chi connectivity index (χ3n) is 3.56. The van der Waals surface area contributed by atoms with Gasteiger partial charge in [-0.25, -0.2) is 4.39 Å². The molecule has 1 fully saturated rings. The van der Waals surface area contributed by atoms with Gasteiger partial charge in [-0.1, -0.05) is 0 Å². The highest BCUT2D eigenvalue weighted by molar-refractivity contribution is 5.86. The molecule has 120 valence electrons. The van der Waals surface area contributed by atoms with Crippen LogP contribution >= 0.6 is 0 Å². The minimum atomic E-state index is -0.445. The number of benzene rings is 1. The van der Waals surface area contributed by atoms with E-state index < -0.39 is 6.04 Å². The molecule has 1 atom stereocenters. The maximum Gasteiger partial charge on any atom is 0.239 e. The quantitative estimate of drug-likeness (QED) is 0.778. The van der Waals surface area contributed by atoms with Crippen molar-refractivity contribution in [2.24, 2.45) is 0 Å². The van der Waals surface area contributed by atoms with Gasteiger partial charge in [-0.2, -0.15) is 0 Å². The van der Waals surface area contributed by atoms with Gasteiger partial charge in [-0.05, 0) is 36.4 Å². The fraction of sp³-hybridized carbons (Fsp3) is 0.250. The molecule has 1 saturated heterocycles. The minimum absolute atomic E-state index is 0.121. The number of carbonyl (C=O) groups is 2. The Morgan fingerprint density at radius 2 is 2.04 bits per heavy atom. The summed E-state index contributed by atoms with van der Waals surface area (Å²) in [6.07, 6.45) is 0. The Labute approximate surface area is 132 Å². The van der Waals surface area contributed by atoms with Crippen LogP contribution in [0.4, 0.5) is 4.39 Å². The van der Waals surface area contributed by atoms with Crippen LogP contribution in [0.15, 0.2) is 40.8 Å². The van der Waals surface area contributed by atoms with E-state index in [1.807, 2.05) is 0 Å². The van der Waals surface area contributed by atoms with Crippen LogP contribution in [0.25, 0.3) is 11.3 Å². The van der Waals surface area contributed by atoms with Gasteiger partial charge in [0.1, 0.15) is 23.4 Å². The van der Waals surface area contributed by atoms with Gasteiger partial charge in [0.05, 0.1) is 13.1 Å². The average molecular weight is 317 g/mol. The second-order valence-corrected chi connectivity index (χ2v) is 5.23. The molecule has 6 nitrogen and oxygen atoms in total. The van der Waals surface area contributed by atoms with E-state index in [1.165, 1.54) is 12.1 Å². The lowest BCUT2D eigenvalue weighted by atomic mass is 10.2. The molecular weight excluding hydrogens is 301 g/mol. The van der Waals surface area contributed by atoms with Crippen molar-refractivity contribution in [1.29, 1.82) is 0 Å². The molecule has 1 aromatic carbocycles. The number of hydrogen-bond acceptors (Lipinski definition) is 4. The summed E-state index contributed by atoms with van der Waals surface area (Å²) in [6.45, 7) is 0.642. The molecule has 1 aliphatic heterocycles.